The number of benzene rings is 2. The van der Waals surface area contributed by atoms with Crippen molar-refractivity contribution in [1.82, 2.24) is 4.31 Å². The maximum absolute atomic E-state index is 12.9. The fraction of sp³-hybridized carbons (Fsp3) is 0.400. The van der Waals surface area contributed by atoms with E-state index in [1.54, 1.807) is 0 Å². The molecule has 2 aromatic rings. The molecule has 0 aromatic heterocycles. The molecule has 1 aliphatic rings. The summed E-state index contributed by atoms with van der Waals surface area (Å²) in [5.74, 6) is -0.150. The Morgan fingerprint density at radius 1 is 0.963 bits per heavy atom. The third-order valence-corrected chi connectivity index (χ3v) is 6.75. The molecule has 1 atom stereocenters. The predicted octanol–water partition coefficient (Wildman–Crippen LogP) is 4.80. The molecule has 0 radical (unpaired) electrons. The second-order valence-corrected chi connectivity index (χ2v) is 8.88. The molecule has 1 fully saturated rings. The SMILES string of the molecule is O=S(=O)(Cc1ccc(C(F)(F)F)cc1)N1CCCCC(c2ccccc2)C1. The lowest BCUT2D eigenvalue weighted by Gasteiger charge is -2.24. The van der Waals surface area contributed by atoms with Crippen LogP contribution in [0.2, 0.25) is 0 Å². The highest BCUT2D eigenvalue weighted by Gasteiger charge is 2.31. The van der Waals surface area contributed by atoms with E-state index in [0.717, 1.165) is 37.0 Å². The summed E-state index contributed by atoms with van der Waals surface area (Å²) in [6, 6.07) is 14.2. The number of hydrogen-bond donors (Lipinski definition) is 0. The first kappa shape index (κ1) is 19.9. The highest BCUT2D eigenvalue weighted by Crippen LogP contribution is 2.31. The molecule has 1 unspecified atom stereocenters. The van der Waals surface area contributed by atoms with E-state index in [4.69, 9.17) is 0 Å². The molecule has 0 bridgehead atoms. The van der Waals surface area contributed by atoms with Crippen LogP contribution in [0.5, 0.6) is 0 Å². The van der Waals surface area contributed by atoms with Gasteiger partial charge in [0.15, 0.2) is 0 Å². The smallest absolute Gasteiger partial charge is 0.212 e. The van der Waals surface area contributed by atoms with Gasteiger partial charge < -0.3 is 0 Å². The van der Waals surface area contributed by atoms with Gasteiger partial charge in [-0.15, -0.1) is 0 Å². The van der Waals surface area contributed by atoms with Crippen molar-refractivity contribution in [3.05, 3.63) is 71.3 Å². The van der Waals surface area contributed by atoms with Gasteiger partial charge >= 0.3 is 6.18 Å². The normalized spacial score (nSPS) is 19.6. The van der Waals surface area contributed by atoms with Crippen LogP contribution in [0.25, 0.3) is 0 Å². The summed E-state index contributed by atoms with van der Waals surface area (Å²) in [6.07, 6.45) is -1.76. The summed E-state index contributed by atoms with van der Waals surface area (Å²) in [6.45, 7) is 0.860. The Balaban J connectivity index is 1.75. The molecule has 3 rings (SSSR count). The first-order valence-corrected chi connectivity index (χ1v) is 10.6. The van der Waals surface area contributed by atoms with Crippen molar-refractivity contribution < 1.29 is 21.6 Å². The molecular weight excluding hydrogens is 375 g/mol. The zero-order valence-electron chi connectivity index (χ0n) is 14.8. The minimum atomic E-state index is -4.43. The van der Waals surface area contributed by atoms with E-state index in [9.17, 15) is 21.6 Å². The van der Waals surface area contributed by atoms with Gasteiger partial charge in [-0.3, -0.25) is 0 Å². The van der Waals surface area contributed by atoms with Crippen LogP contribution in [0.3, 0.4) is 0 Å². The van der Waals surface area contributed by atoms with Gasteiger partial charge in [-0.2, -0.15) is 13.2 Å². The maximum Gasteiger partial charge on any atom is 0.416 e. The molecule has 0 aliphatic carbocycles. The molecule has 7 heteroatoms. The molecule has 0 N–H and O–H groups in total. The van der Waals surface area contributed by atoms with Crippen LogP contribution in [0.4, 0.5) is 13.2 Å². The van der Waals surface area contributed by atoms with Crippen molar-refractivity contribution in [2.45, 2.75) is 37.1 Å². The number of alkyl halides is 3. The largest absolute Gasteiger partial charge is 0.416 e. The lowest BCUT2D eigenvalue weighted by Crippen LogP contribution is -2.35. The first-order valence-electron chi connectivity index (χ1n) is 8.94. The second kappa shape index (κ2) is 8.02. The lowest BCUT2D eigenvalue weighted by atomic mass is 9.95. The molecular formula is C20H22F3NO2S. The average molecular weight is 397 g/mol. The van der Waals surface area contributed by atoms with Gasteiger partial charge in [0.2, 0.25) is 10.0 Å². The van der Waals surface area contributed by atoms with Crippen LogP contribution < -0.4 is 0 Å². The van der Waals surface area contributed by atoms with Crippen molar-refractivity contribution in [3.8, 4) is 0 Å². The molecule has 0 amide bonds. The van der Waals surface area contributed by atoms with E-state index in [-0.39, 0.29) is 11.7 Å². The Hall–Kier alpha value is -1.86. The molecule has 27 heavy (non-hydrogen) atoms. The summed E-state index contributed by atoms with van der Waals surface area (Å²) < 4.78 is 65.2. The minimum Gasteiger partial charge on any atom is -0.212 e. The zero-order valence-corrected chi connectivity index (χ0v) is 15.6. The van der Waals surface area contributed by atoms with Crippen LogP contribution in [0, 0.1) is 0 Å². The molecule has 146 valence electrons. The summed E-state index contributed by atoms with van der Waals surface area (Å²) in [4.78, 5) is 0. The van der Waals surface area contributed by atoms with Crippen LogP contribution in [-0.4, -0.2) is 25.8 Å². The van der Waals surface area contributed by atoms with E-state index in [2.05, 4.69) is 0 Å². The summed E-state index contributed by atoms with van der Waals surface area (Å²) in [5, 5.41) is 0. The van der Waals surface area contributed by atoms with Gasteiger partial charge in [-0.25, -0.2) is 12.7 Å². The fourth-order valence-corrected chi connectivity index (χ4v) is 5.06. The molecule has 0 saturated carbocycles. The Morgan fingerprint density at radius 2 is 1.63 bits per heavy atom. The molecule has 0 spiro atoms. The number of rotatable bonds is 4. The fourth-order valence-electron chi connectivity index (χ4n) is 3.45. The van der Waals surface area contributed by atoms with Crippen molar-refractivity contribution >= 4 is 10.0 Å². The second-order valence-electron chi connectivity index (χ2n) is 6.91. The Bertz CT molecular complexity index is 849. The quantitative estimate of drug-likeness (QED) is 0.743. The summed E-state index contributed by atoms with van der Waals surface area (Å²) in [5.41, 5.74) is 0.709. The van der Waals surface area contributed by atoms with Crippen LogP contribution in [-0.2, 0) is 22.0 Å². The molecule has 1 aliphatic heterocycles. The van der Waals surface area contributed by atoms with Gasteiger partial charge in [0, 0.05) is 13.1 Å². The van der Waals surface area contributed by atoms with Gasteiger partial charge in [-0.05, 0) is 42.0 Å². The van der Waals surface area contributed by atoms with E-state index in [1.165, 1.54) is 16.4 Å². The maximum atomic E-state index is 12.9. The highest BCUT2D eigenvalue weighted by atomic mass is 32.2. The monoisotopic (exact) mass is 397 g/mol. The van der Waals surface area contributed by atoms with Crippen LogP contribution in [0.15, 0.2) is 54.6 Å². The molecule has 1 heterocycles. The van der Waals surface area contributed by atoms with Crippen molar-refractivity contribution in [1.29, 1.82) is 0 Å². The first-order chi connectivity index (χ1) is 12.8. The van der Waals surface area contributed by atoms with Crippen LogP contribution >= 0.6 is 0 Å². The molecule has 1 saturated heterocycles. The predicted molar refractivity (Wildman–Crippen MR) is 98.7 cm³/mol. The van der Waals surface area contributed by atoms with E-state index in [1.807, 2.05) is 30.3 Å². The Morgan fingerprint density at radius 3 is 2.26 bits per heavy atom. The third-order valence-electron chi connectivity index (χ3n) is 4.93. The van der Waals surface area contributed by atoms with Gasteiger partial charge in [0.1, 0.15) is 0 Å². The standard InChI is InChI=1S/C20H22F3NO2S/c21-20(22,23)19-11-9-16(10-12-19)15-27(25,26)24-13-5-4-8-18(14-24)17-6-2-1-3-7-17/h1-3,6-7,9-12,18H,4-5,8,13-15H2. The number of nitrogens with zero attached hydrogens (tertiary/aromatic N) is 1. The molecule has 2 aromatic carbocycles. The van der Waals surface area contributed by atoms with Crippen molar-refractivity contribution in [2.75, 3.05) is 13.1 Å². The highest BCUT2D eigenvalue weighted by molar-refractivity contribution is 7.88. The van der Waals surface area contributed by atoms with Gasteiger partial charge in [-0.1, -0.05) is 48.9 Å². The number of sulfonamides is 1. The molecule has 3 nitrogen and oxygen atoms in total. The number of hydrogen-bond acceptors (Lipinski definition) is 2. The summed E-state index contributed by atoms with van der Waals surface area (Å²) in [7, 11) is -3.60. The topological polar surface area (TPSA) is 37.4 Å². The van der Waals surface area contributed by atoms with E-state index >= 15 is 0 Å². The van der Waals surface area contributed by atoms with Crippen LogP contribution in [0.1, 0.15) is 41.9 Å². The van der Waals surface area contributed by atoms with Gasteiger partial charge in [0.05, 0.1) is 11.3 Å². The summed E-state index contributed by atoms with van der Waals surface area (Å²) >= 11 is 0. The van der Waals surface area contributed by atoms with Gasteiger partial charge in [0.25, 0.3) is 0 Å². The third kappa shape index (κ3) is 5.11. The van der Waals surface area contributed by atoms with Crippen molar-refractivity contribution in [2.24, 2.45) is 0 Å². The lowest BCUT2D eigenvalue weighted by molar-refractivity contribution is -0.137. The zero-order chi connectivity index (χ0) is 19.5. The van der Waals surface area contributed by atoms with Crippen molar-refractivity contribution in [3.63, 3.8) is 0 Å². The van der Waals surface area contributed by atoms with E-state index < -0.39 is 21.8 Å². The number of halogens is 3. The average Bonchev–Trinajstić information content (AvgIpc) is 2.89. The minimum absolute atomic E-state index is 0.135. The Labute approximate surface area is 157 Å². The Kier molecular flexibility index (Phi) is 5.91. The van der Waals surface area contributed by atoms with E-state index in [0.29, 0.717) is 18.7 Å².